The Morgan fingerprint density at radius 1 is 1.03 bits per heavy atom. The lowest BCUT2D eigenvalue weighted by Gasteiger charge is -2.36. The maximum absolute atomic E-state index is 13.8. The third-order valence-corrected chi connectivity index (χ3v) is 7.26. The third-order valence-electron chi connectivity index (χ3n) is 6.89. The van der Waals surface area contributed by atoms with Crippen molar-refractivity contribution in [2.24, 2.45) is 11.7 Å². The van der Waals surface area contributed by atoms with Crippen molar-refractivity contribution >= 4 is 29.1 Å². The van der Waals surface area contributed by atoms with Gasteiger partial charge in [0.05, 0.1) is 0 Å². The molecule has 2 saturated carbocycles. The van der Waals surface area contributed by atoms with Crippen LogP contribution < -0.4 is 11.1 Å². The van der Waals surface area contributed by atoms with Crippen molar-refractivity contribution < 1.29 is 14.0 Å². The lowest BCUT2D eigenvalue weighted by atomic mass is 9.90. The number of nitrogens with one attached hydrogen (secondary N) is 1. The number of nitrogens with zero attached hydrogens (tertiary/aromatic N) is 1. The van der Waals surface area contributed by atoms with Crippen molar-refractivity contribution in [1.82, 2.24) is 4.90 Å². The molecule has 33 heavy (non-hydrogen) atoms. The predicted molar refractivity (Wildman–Crippen MR) is 129 cm³/mol. The Morgan fingerprint density at radius 2 is 1.76 bits per heavy atom. The number of carbonyl (C=O) groups excluding carboxylic acids is 2. The SMILES string of the molecule is NC1CCC(N(Cc2cc(NC(=O)C3CCCC3)ccc2Cl)C(=O)c2cccc(F)c2)CC1. The summed E-state index contributed by atoms with van der Waals surface area (Å²) in [5.74, 6) is -0.580. The molecule has 2 aliphatic carbocycles. The van der Waals surface area contributed by atoms with E-state index in [9.17, 15) is 14.0 Å². The summed E-state index contributed by atoms with van der Waals surface area (Å²) in [6.07, 6.45) is 7.28. The summed E-state index contributed by atoms with van der Waals surface area (Å²) in [7, 11) is 0. The molecule has 2 amide bonds. The van der Waals surface area contributed by atoms with E-state index in [2.05, 4.69) is 5.32 Å². The fraction of sp³-hybridized carbons (Fsp3) is 0.462. The normalized spacial score (nSPS) is 21.1. The Bertz CT molecular complexity index is 1000. The summed E-state index contributed by atoms with van der Waals surface area (Å²) in [6.45, 7) is 0.279. The summed E-state index contributed by atoms with van der Waals surface area (Å²) in [6, 6.07) is 11.3. The van der Waals surface area contributed by atoms with Gasteiger partial charge in [-0.15, -0.1) is 0 Å². The highest BCUT2D eigenvalue weighted by Gasteiger charge is 2.29. The maximum atomic E-state index is 13.8. The molecule has 0 spiro atoms. The summed E-state index contributed by atoms with van der Waals surface area (Å²) in [5.41, 5.74) is 7.82. The van der Waals surface area contributed by atoms with Crippen LogP contribution in [-0.2, 0) is 11.3 Å². The van der Waals surface area contributed by atoms with Crippen molar-refractivity contribution in [3.63, 3.8) is 0 Å². The molecule has 0 heterocycles. The average molecular weight is 472 g/mol. The minimum atomic E-state index is -0.443. The summed E-state index contributed by atoms with van der Waals surface area (Å²) < 4.78 is 13.8. The van der Waals surface area contributed by atoms with E-state index in [0.29, 0.717) is 16.3 Å². The van der Waals surface area contributed by atoms with Gasteiger partial charge in [-0.25, -0.2) is 4.39 Å². The van der Waals surface area contributed by atoms with Crippen LogP contribution in [0.3, 0.4) is 0 Å². The van der Waals surface area contributed by atoms with Gasteiger partial charge in [-0.1, -0.05) is 30.5 Å². The van der Waals surface area contributed by atoms with Crippen LogP contribution in [0.1, 0.15) is 67.3 Å². The molecule has 4 rings (SSSR count). The zero-order valence-corrected chi connectivity index (χ0v) is 19.5. The highest BCUT2D eigenvalue weighted by molar-refractivity contribution is 6.31. The lowest BCUT2D eigenvalue weighted by molar-refractivity contribution is -0.119. The maximum Gasteiger partial charge on any atom is 0.254 e. The van der Waals surface area contributed by atoms with Crippen LogP contribution in [0.25, 0.3) is 0 Å². The number of hydrogen-bond acceptors (Lipinski definition) is 3. The Hall–Kier alpha value is -2.44. The number of halogens is 2. The molecule has 2 aliphatic rings. The van der Waals surface area contributed by atoms with Gasteiger partial charge in [0.2, 0.25) is 5.91 Å². The van der Waals surface area contributed by atoms with Gasteiger partial charge in [0.15, 0.2) is 0 Å². The first-order valence-corrected chi connectivity index (χ1v) is 12.2. The number of nitrogens with two attached hydrogens (primary N) is 1. The number of carbonyl (C=O) groups is 2. The van der Waals surface area contributed by atoms with Crippen molar-refractivity contribution in [2.45, 2.75) is 70.0 Å². The fourth-order valence-corrected chi connectivity index (χ4v) is 5.13. The Labute approximate surface area is 199 Å². The van der Waals surface area contributed by atoms with E-state index in [1.165, 1.54) is 12.1 Å². The van der Waals surface area contributed by atoms with E-state index < -0.39 is 5.82 Å². The van der Waals surface area contributed by atoms with Crippen molar-refractivity contribution in [1.29, 1.82) is 0 Å². The third kappa shape index (κ3) is 5.92. The molecule has 5 nitrogen and oxygen atoms in total. The van der Waals surface area contributed by atoms with Gasteiger partial charge in [-0.3, -0.25) is 9.59 Å². The van der Waals surface area contributed by atoms with Crippen LogP contribution in [-0.4, -0.2) is 28.8 Å². The molecule has 3 N–H and O–H groups in total. The van der Waals surface area contributed by atoms with Crippen LogP contribution in [0.15, 0.2) is 42.5 Å². The molecule has 2 fully saturated rings. The quantitative estimate of drug-likeness (QED) is 0.582. The predicted octanol–water partition coefficient (Wildman–Crippen LogP) is 5.52. The molecule has 0 saturated heterocycles. The number of anilines is 1. The highest BCUT2D eigenvalue weighted by Crippen LogP contribution is 2.30. The van der Waals surface area contributed by atoms with Crippen LogP contribution >= 0.6 is 11.6 Å². The van der Waals surface area contributed by atoms with Crippen molar-refractivity contribution in [3.8, 4) is 0 Å². The molecule has 0 bridgehead atoms. The van der Waals surface area contributed by atoms with E-state index in [4.69, 9.17) is 17.3 Å². The second-order valence-electron chi connectivity index (χ2n) is 9.29. The molecular weight excluding hydrogens is 441 g/mol. The molecule has 0 unspecified atom stereocenters. The van der Waals surface area contributed by atoms with Gasteiger partial charge in [-0.2, -0.15) is 0 Å². The molecule has 0 radical (unpaired) electrons. The van der Waals surface area contributed by atoms with Crippen LogP contribution in [0, 0.1) is 11.7 Å². The highest BCUT2D eigenvalue weighted by atomic mass is 35.5. The zero-order chi connectivity index (χ0) is 23.4. The fourth-order valence-electron chi connectivity index (χ4n) is 4.96. The first-order valence-electron chi connectivity index (χ1n) is 11.8. The van der Waals surface area contributed by atoms with Gasteiger partial charge in [-0.05, 0) is 80.5 Å². The first-order chi connectivity index (χ1) is 15.9. The van der Waals surface area contributed by atoms with E-state index in [0.717, 1.165) is 56.9 Å². The molecule has 0 aromatic heterocycles. The Balaban J connectivity index is 1.57. The molecule has 7 heteroatoms. The van der Waals surface area contributed by atoms with Gasteiger partial charge >= 0.3 is 0 Å². The first kappa shape index (κ1) is 23.7. The molecule has 0 aliphatic heterocycles. The van der Waals surface area contributed by atoms with Crippen LogP contribution in [0.2, 0.25) is 5.02 Å². The summed E-state index contributed by atoms with van der Waals surface area (Å²) in [5, 5.41) is 3.54. The average Bonchev–Trinajstić information content (AvgIpc) is 3.35. The standard InChI is InChI=1S/C26H31ClFN3O2/c27-24-13-10-22(30-25(32)17-4-1-2-5-17)15-19(24)16-31(23-11-8-21(29)9-12-23)26(33)18-6-3-7-20(28)14-18/h3,6-7,10,13-15,17,21,23H,1-2,4-5,8-9,11-12,16,29H2,(H,30,32). The van der Waals surface area contributed by atoms with Crippen LogP contribution in [0.5, 0.6) is 0 Å². The van der Waals surface area contributed by atoms with Gasteiger partial charge < -0.3 is 16.0 Å². The largest absolute Gasteiger partial charge is 0.331 e. The van der Waals surface area contributed by atoms with Gasteiger partial charge in [0, 0.05) is 40.8 Å². The Morgan fingerprint density at radius 3 is 2.45 bits per heavy atom. The number of amides is 2. The smallest absolute Gasteiger partial charge is 0.254 e. The van der Waals surface area contributed by atoms with E-state index in [1.807, 2.05) is 6.07 Å². The van der Waals surface area contributed by atoms with Crippen LogP contribution in [0.4, 0.5) is 10.1 Å². The lowest BCUT2D eigenvalue weighted by Crippen LogP contribution is -2.44. The summed E-state index contributed by atoms with van der Waals surface area (Å²) in [4.78, 5) is 27.8. The minimum absolute atomic E-state index is 0.00614. The number of rotatable bonds is 6. The number of benzene rings is 2. The second-order valence-corrected chi connectivity index (χ2v) is 9.70. The minimum Gasteiger partial charge on any atom is -0.331 e. The monoisotopic (exact) mass is 471 g/mol. The topological polar surface area (TPSA) is 75.4 Å². The van der Waals surface area contributed by atoms with Crippen molar-refractivity contribution in [2.75, 3.05) is 5.32 Å². The number of hydrogen-bond donors (Lipinski definition) is 2. The molecule has 2 aromatic carbocycles. The Kier molecular flexibility index (Phi) is 7.66. The van der Waals surface area contributed by atoms with E-state index in [1.54, 1.807) is 29.2 Å². The molecular formula is C26H31ClFN3O2. The zero-order valence-electron chi connectivity index (χ0n) is 18.7. The molecule has 176 valence electrons. The summed E-state index contributed by atoms with van der Waals surface area (Å²) >= 11 is 6.51. The van der Waals surface area contributed by atoms with E-state index >= 15 is 0 Å². The van der Waals surface area contributed by atoms with E-state index in [-0.39, 0.29) is 36.4 Å². The van der Waals surface area contributed by atoms with Gasteiger partial charge in [0.1, 0.15) is 5.82 Å². The van der Waals surface area contributed by atoms with Crippen molar-refractivity contribution in [3.05, 3.63) is 64.4 Å². The van der Waals surface area contributed by atoms with Gasteiger partial charge in [0.25, 0.3) is 5.91 Å². The molecule has 2 aromatic rings. The second kappa shape index (κ2) is 10.7. The molecule has 0 atom stereocenters.